The predicted octanol–water partition coefficient (Wildman–Crippen LogP) is 5.03. The Balaban J connectivity index is 1.68. The zero-order valence-corrected chi connectivity index (χ0v) is 14.3. The van der Waals surface area contributed by atoms with E-state index in [1.54, 1.807) is 0 Å². The average molecular weight is 290 g/mol. The molecule has 4 fully saturated rings. The van der Waals surface area contributed by atoms with Crippen LogP contribution in [0.3, 0.4) is 0 Å². The van der Waals surface area contributed by atoms with Gasteiger partial charge in [0.25, 0.3) is 0 Å². The minimum atomic E-state index is -0.0179. The largest absolute Gasteiger partial charge is 0.393 e. The number of fused-ring (bicyclic) bond motifs is 5. The van der Waals surface area contributed by atoms with Crippen LogP contribution in [0, 0.1) is 40.4 Å². The molecule has 120 valence electrons. The van der Waals surface area contributed by atoms with Crippen molar-refractivity contribution in [2.75, 3.05) is 0 Å². The zero-order chi connectivity index (χ0) is 14.8. The van der Waals surface area contributed by atoms with Crippen LogP contribution in [0.5, 0.6) is 0 Å². The lowest BCUT2D eigenvalue weighted by Crippen LogP contribution is -2.55. The van der Waals surface area contributed by atoms with E-state index in [4.69, 9.17) is 0 Å². The van der Waals surface area contributed by atoms with Crippen LogP contribution in [0.25, 0.3) is 0 Å². The third-order valence-electron chi connectivity index (χ3n) is 8.89. The predicted molar refractivity (Wildman–Crippen MR) is 86.9 cm³/mol. The highest BCUT2D eigenvalue weighted by Crippen LogP contribution is 2.67. The summed E-state index contributed by atoms with van der Waals surface area (Å²) in [5.41, 5.74) is 0.869. The van der Waals surface area contributed by atoms with Crippen molar-refractivity contribution < 1.29 is 5.11 Å². The first-order valence-electron chi connectivity index (χ1n) is 9.65. The molecule has 4 aliphatic rings. The topological polar surface area (TPSA) is 20.2 Å². The van der Waals surface area contributed by atoms with E-state index in [1.807, 2.05) is 0 Å². The van der Waals surface area contributed by atoms with E-state index >= 15 is 0 Å². The van der Waals surface area contributed by atoms with Crippen molar-refractivity contribution >= 4 is 0 Å². The van der Waals surface area contributed by atoms with Gasteiger partial charge in [0.05, 0.1) is 6.10 Å². The summed E-state index contributed by atoms with van der Waals surface area (Å²) in [6.07, 6.45) is 12.4. The fraction of sp³-hybridized carbons (Fsp3) is 1.00. The molecule has 0 spiro atoms. The highest BCUT2D eigenvalue weighted by atomic mass is 16.3. The lowest BCUT2D eigenvalue weighted by atomic mass is 9.43. The minimum Gasteiger partial charge on any atom is -0.393 e. The Bertz CT molecular complexity index is 418. The summed E-state index contributed by atoms with van der Waals surface area (Å²) in [4.78, 5) is 0. The van der Waals surface area contributed by atoms with Gasteiger partial charge in [0.15, 0.2) is 0 Å². The van der Waals surface area contributed by atoms with E-state index in [9.17, 15) is 5.11 Å². The van der Waals surface area contributed by atoms with Gasteiger partial charge in [-0.2, -0.15) is 0 Å². The molecule has 8 atom stereocenters. The van der Waals surface area contributed by atoms with Crippen molar-refractivity contribution in [3.05, 3.63) is 0 Å². The summed E-state index contributed by atoms with van der Waals surface area (Å²) >= 11 is 0. The van der Waals surface area contributed by atoms with E-state index in [-0.39, 0.29) is 11.5 Å². The summed E-state index contributed by atoms with van der Waals surface area (Å²) in [5.74, 6) is 4.59. The molecule has 0 bridgehead atoms. The van der Waals surface area contributed by atoms with E-state index in [2.05, 4.69) is 20.8 Å². The third-order valence-corrected chi connectivity index (χ3v) is 8.89. The summed E-state index contributed by atoms with van der Waals surface area (Å²) in [7, 11) is 0. The lowest BCUT2D eigenvalue weighted by molar-refractivity contribution is -0.138. The van der Waals surface area contributed by atoms with Gasteiger partial charge in [0.1, 0.15) is 0 Å². The Morgan fingerprint density at radius 3 is 2.38 bits per heavy atom. The molecule has 4 aliphatic carbocycles. The lowest BCUT2D eigenvalue weighted by Gasteiger charge is -2.62. The smallest absolute Gasteiger partial charge is 0.0596 e. The normalized spacial score (nSPS) is 60.0. The van der Waals surface area contributed by atoms with Crippen molar-refractivity contribution in [3.63, 3.8) is 0 Å². The molecule has 0 amide bonds. The van der Waals surface area contributed by atoms with Crippen LogP contribution in [-0.4, -0.2) is 11.2 Å². The number of hydrogen-bond donors (Lipinski definition) is 1. The molecule has 0 heterocycles. The van der Waals surface area contributed by atoms with Crippen molar-refractivity contribution in [1.29, 1.82) is 0 Å². The quantitative estimate of drug-likeness (QED) is 0.663. The third kappa shape index (κ3) is 1.85. The minimum absolute atomic E-state index is 0.0179. The maximum atomic E-state index is 10.5. The van der Waals surface area contributed by atoms with E-state index in [0.717, 1.165) is 36.0 Å². The molecule has 1 nitrogen and oxygen atoms in total. The van der Waals surface area contributed by atoms with Crippen LogP contribution in [0.4, 0.5) is 0 Å². The molecule has 0 radical (unpaired) electrons. The van der Waals surface area contributed by atoms with E-state index in [1.165, 1.54) is 51.4 Å². The van der Waals surface area contributed by atoms with Crippen LogP contribution in [-0.2, 0) is 0 Å². The van der Waals surface area contributed by atoms with Crippen LogP contribution in [0.1, 0.15) is 78.6 Å². The number of aliphatic hydroxyl groups is 1. The molecule has 21 heavy (non-hydrogen) atoms. The maximum Gasteiger partial charge on any atom is 0.0596 e. The van der Waals surface area contributed by atoms with Gasteiger partial charge in [-0.25, -0.2) is 0 Å². The van der Waals surface area contributed by atoms with Crippen molar-refractivity contribution in [2.45, 2.75) is 84.7 Å². The Morgan fingerprint density at radius 1 is 0.810 bits per heavy atom. The summed E-state index contributed by atoms with van der Waals surface area (Å²) in [5, 5.41) is 10.5. The maximum absolute atomic E-state index is 10.5. The van der Waals surface area contributed by atoms with Crippen molar-refractivity contribution in [3.8, 4) is 0 Å². The molecule has 0 aromatic rings. The SMILES string of the molecule is C[C@H]1C[C@@H]2[C@H](CC[C@]3(C)[C@@H](O)CC[C@@H]23)[C@@]2(C)CCCC[C@H]12. The van der Waals surface area contributed by atoms with Crippen LogP contribution in [0.2, 0.25) is 0 Å². The summed E-state index contributed by atoms with van der Waals surface area (Å²) in [6.45, 7) is 7.60. The Morgan fingerprint density at radius 2 is 1.57 bits per heavy atom. The Labute approximate surface area is 130 Å². The molecule has 0 saturated heterocycles. The first-order valence-corrected chi connectivity index (χ1v) is 9.65. The molecular formula is C20H34O. The van der Waals surface area contributed by atoms with Gasteiger partial charge in [0, 0.05) is 0 Å². The first kappa shape index (κ1) is 14.5. The second-order valence-electron chi connectivity index (χ2n) is 9.59. The van der Waals surface area contributed by atoms with Gasteiger partial charge >= 0.3 is 0 Å². The first-order chi connectivity index (χ1) is 9.97. The average Bonchev–Trinajstić information content (AvgIpc) is 2.75. The summed E-state index contributed by atoms with van der Waals surface area (Å²) in [6, 6.07) is 0. The molecular weight excluding hydrogens is 256 g/mol. The van der Waals surface area contributed by atoms with Crippen molar-refractivity contribution in [2.24, 2.45) is 40.4 Å². The number of aliphatic hydroxyl groups excluding tert-OH is 1. The standard InChI is InChI=1S/C20H34O/c1-13-12-14-16-7-8-18(21)20(16,3)11-9-17(14)19(2)10-5-4-6-15(13)19/h13-18,21H,4-12H2,1-3H3/t13-,14-,15+,16-,17-,18-,19-,20-/m0/s1. The molecule has 4 rings (SSSR count). The second-order valence-corrected chi connectivity index (χ2v) is 9.59. The zero-order valence-electron chi connectivity index (χ0n) is 14.3. The van der Waals surface area contributed by atoms with Gasteiger partial charge < -0.3 is 5.11 Å². The summed E-state index contributed by atoms with van der Waals surface area (Å²) < 4.78 is 0. The molecule has 4 saturated carbocycles. The molecule has 0 aromatic heterocycles. The molecule has 1 N–H and O–H groups in total. The van der Waals surface area contributed by atoms with E-state index < -0.39 is 0 Å². The van der Waals surface area contributed by atoms with Gasteiger partial charge in [-0.1, -0.05) is 33.6 Å². The highest BCUT2D eigenvalue weighted by molar-refractivity contribution is 5.09. The number of rotatable bonds is 0. The van der Waals surface area contributed by atoms with Gasteiger partial charge in [-0.15, -0.1) is 0 Å². The van der Waals surface area contributed by atoms with Crippen molar-refractivity contribution in [1.82, 2.24) is 0 Å². The number of hydrogen-bond acceptors (Lipinski definition) is 1. The second kappa shape index (κ2) is 4.73. The molecule has 0 unspecified atom stereocenters. The van der Waals surface area contributed by atoms with Gasteiger partial charge in [-0.05, 0) is 85.4 Å². The highest BCUT2D eigenvalue weighted by Gasteiger charge is 2.60. The van der Waals surface area contributed by atoms with Gasteiger partial charge in [0.2, 0.25) is 0 Å². The fourth-order valence-electron chi connectivity index (χ4n) is 7.78. The monoisotopic (exact) mass is 290 g/mol. The van der Waals surface area contributed by atoms with E-state index in [0.29, 0.717) is 5.41 Å². The molecule has 0 aliphatic heterocycles. The fourth-order valence-corrected chi connectivity index (χ4v) is 7.78. The Hall–Kier alpha value is -0.0400. The Kier molecular flexibility index (Phi) is 3.27. The molecule has 0 aromatic carbocycles. The van der Waals surface area contributed by atoms with Gasteiger partial charge in [-0.3, -0.25) is 0 Å². The van der Waals surface area contributed by atoms with Crippen LogP contribution in [0.15, 0.2) is 0 Å². The van der Waals surface area contributed by atoms with Crippen LogP contribution >= 0.6 is 0 Å². The molecule has 1 heteroatoms. The van der Waals surface area contributed by atoms with Crippen LogP contribution < -0.4 is 0 Å².